The van der Waals surface area contributed by atoms with E-state index < -0.39 is 0 Å². The van der Waals surface area contributed by atoms with E-state index >= 15 is 0 Å². The van der Waals surface area contributed by atoms with E-state index in [0.29, 0.717) is 29.8 Å². The summed E-state index contributed by atoms with van der Waals surface area (Å²) in [5, 5.41) is 11.2. The van der Waals surface area contributed by atoms with Crippen molar-refractivity contribution >= 4 is 40.3 Å². The number of carbonyl (C=O) groups excluding carboxylic acids is 2. The van der Waals surface area contributed by atoms with Crippen molar-refractivity contribution in [1.29, 1.82) is 0 Å². The summed E-state index contributed by atoms with van der Waals surface area (Å²) in [6.07, 6.45) is 11.5. The van der Waals surface area contributed by atoms with Gasteiger partial charge in [0, 0.05) is 59.8 Å². The number of amides is 2. The summed E-state index contributed by atoms with van der Waals surface area (Å²) >= 11 is 6.49. The number of nitrogens with one attached hydrogen (secondary N) is 4. The molecule has 2 aromatic heterocycles. The fraction of sp³-hybridized carbons (Fsp3) is 0.448. The Balaban J connectivity index is 1.12. The van der Waals surface area contributed by atoms with Gasteiger partial charge in [-0.25, -0.2) is 9.97 Å². The molecule has 0 unspecified atom stereocenters. The molecule has 0 saturated heterocycles. The molecule has 2 aliphatic carbocycles. The van der Waals surface area contributed by atoms with Gasteiger partial charge in [0.05, 0.1) is 16.9 Å². The molecular formula is C29H36ClN7O2. The van der Waals surface area contributed by atoms with Crippen LogP contribution < -0.4 is 16.0 Å². The van der Waals surface area contributed by atoms with Gasteiger partial charge in [0.2, 0.25) is 17.8 Å². The first kappa shape index (κ1) is 27.1. The molecule has 2 aliphatic rings. The van der Waals surface area contributed by atoms with Gasteiger partial charge < -0.3 is 25.8 Å². The minimum Gasteiger partial charge on any atom is -0.360 e. The van der Waals surface area contributed by atoms with E-state index in [-0.39, 0.29) is 35.7 Å². The Morgan fingerprint density at radius 3 is 2.85 bits per heavy atom. The van der Waals surface area contributed by atoms with Crippen LogP contribution >= 0.6 is 11.6 Å². The maximum absolute atomic E-state index is 12.9. The molecule has 5 rings (SSSR count). The highest BCUT2D eigenvalue weighted by molar-refractivity contribution is 6.33. The first-order valence-electron chi connectivity index (χ1n) is 13.6. The van der Waals surface area contributed by atoms with E-state index in [0.717, 1.165) is 48.6 Å². The second-order valence-corrected chi connectivity index (χ2v) is 11.3. The van der Waals surface area contributed by atoms with Crippen molar-refractivity contribution in [2.45, 2.75) is 44.2 Å². The van der Waals surface area contributed by atoms with Crippen LogP contribution in [-0.2, 0) is 9.59 Å². The summed E-state index contributed by atoms with van der Waals surface area (Å²) < 4.78 is 0. The smallest absolute Gasteiger partial charge is 0.243 e. The van der Waals surface area contributed by atoms with Gasteiger partial charge in [-0.3, -0.25) is 9.59 Å². The number of H-pyrrole nitrogens is 1. The first-order chi connectivity index (χ1) is 18.9. The molecule has 0 spiro atoms. The van der Waals surface area contributed by atoms with E-state index in [9.17, 15) is 9.59 Å². The van der Waals surface area contributed by atoms with Crippen LogP contribution in [-0.4, -0.2) is 70.9 Å². The quantitative estimate of drug-likeness (QED) is 0.284. The van der Waals surface area contributed by atoms with Crippen molar-refractivity contribution in [3.8, 4) is 11.3 Å². The van der Waals surface area contributed by atoms with Crippen molar-refractivity contribution in [3.63, 3.8) is 0 Å². The van der Waals surface area contributed by atoms with E-state index in [1.807, 2.05) is 55.5 Å². The zero-order valence-corrected chi connectivity index (χ0v) is 23.2. The number of anilines is 1. The predicted molar refractivity (Wildman–Crippen MR) is 154 cm³/mol. The van der Waals surface area contributed by atoms with Gasteiger partial charge in [-0.1, -0.05) is 35.9 Å². The average Bonchev–Trinajstić information content (AvgIpc) is 3.58. The van der Waals surface area contributed by atoms with Crippen LogP contribution in [0.15, 0.2) is 48.8 Å². The number of halogens is 1. The second-order valence-electron chi connectivity index (χ2n) is 10.9. The summed E-state index contributed by atoms with van der Waals surface area (Å²) in [5.41, 5.74) is 2.65. The van der Waals surface area contributed by atoms with Crippen molar-refractivity contribution in [3.05, 3.63) is 53.8 Å². The number of likely N-dealkylation sites (N-methyl/N-ethyl adjacent to an activating group) is 1. The molecular weight excluding hydrogens is 514 g/mol. The summed E-state index contributed by atoms with van der Waals surface area (Å²) in [6.45, 7) is 1.25. The molecule has 10 heteroatoms. The van der Waals surface area contributed by atoms with Crippen molar-refractivity contribution in [1.82, 2.24) is 30.5 Å². The van der Waals surface area contributed by atoms with E-state index in [2.05, 4.69) is 25.9 Å². The van der Waals surface area contributed by atoms with Gasteiger partial charge >= 0.3 is 0 Å². The lowest BCUT2D eigenvalue weighted by molar-refractivity contribution is -0.123. The normalized spacial score (nSPS) is 22.8. The van der Waals surface area contributed by atoms with E-state index in [1.54, 1.807) is 12.3 Å². The third-order valence-electron chi connectivity index (χ3n) is 7.48. The lowest BCUT2D eigenvalue weighted by atomic mass is 9.91. The molecule has 2 heterocycles. The largest absolute Gasteiger partial charge is 0.360 e. The highest BCUT2D eigenvalue weighted by Gasteiger charge is 2.43. The zero-order chi connectivity index (χ0) is 27.4. The monoisotopic (exact) mass is 549 g/mol. The fourth-order valence-corrected chi connectivity index (χ4v) is 5.48. The first-order valence-corrected chi connectivity index (χ1v) is 14.0. The maximum atomic E-state index is 12.9. The summed E-state index contributed by atoms with van der Waals surface area (Å²) in [6, 6.07) is 8.31. The topological polar surface area (TPSA) is 115 Å². The Bertz CT molecular complexity index is 1350. The van der Waals surface area contributed by atoms with Crippen molar-refractivity contribution in [2.75, 3.05) is 32.5 Å². The highest BCUT2D eigenvalue weighted by atomic mass is 35.5. The molecule has 206 valence electrons. The predicted octanol–water partition coefficient (Wildman–Crippen LogP) is 3.99. The molecule has 39 heavy (non-hydrogen) atoms. The number of para-hydroxylation sites is 1. The van der Waals surface area contributed by atoms with Crippen LogP contribution in [0.5, 0.6) is 0 Å². The standard InChI is InChI=1S/C29H36ClN7O2/c1-37(2)12-6-11-26(38)32-15-18-13-22(18)28(39)34-19-7-5-8-20(14-19)35-29-33-17-24(30)27(36-29)23-16-31-25-10-4-3-9-21(23)25/h3-4,6,9-11,16-20,22,31H,5,7-8,12-15H2,1-2H3,(H,32,38)(H,34,39)(H,33,35,36)/b11-6+/t18-,19+,20-,22+/m1/s1. The van der Waals surface area contributed by atoms with Crippen molar-refractivity contribution in [2.24, 2.45) is 11.8 Å². The summed E-state index contributed by atoms with van der Waals surface area (Å²) in [7, 11) is 3.90. The molecule has 4 atom stereocenters. The number of hydrogen-bond acceptors (Lipinski definition) is 6. The van der Waals surface area contributed by atoms with Gasteiger partial charge in [-0.15, -0.1) is 0 Å². The maximum Gasteiger partial charge on any atom is 0.243 e. The molecule has 2 fully saturated rings. The van der Waals surface area contributed by atoms with Gasteiger partial charge in [-0.05, 0) is 58.2 Å². The number of benzene rings is 1. The number of aromatic amines is 1. The van der Waals surface area contributed by atoms with Crippen LogP contribution in [0, 0.1) is 11.8 Å². The second kappa shape index (κ2) is 12.2. The minimum atomic E-state index is -0.110. The molecule has 2 amide bonds. The number of hydrogen-bond donors (Lipinski definition) is 4. The van der Waals surface area contributed by atoms with Crippen LogP contribution in [0.2, 0.25) is 5.02 Å². The Hall–Kier alpha value is -3.43. The third-order valence-corrected chi connectivity index (χ3v) is 7.76. The SMILES string of the molecule is CN(C)C/C=C/C(=O)NC[C@H]1C[C@@H]1C(=O)N[C@H]1CCC[C@@H](Nc2ncc(Cl)c(-c3c[nH]c4ccccc34)n2)C1. The molecule has 0 bridgehead atoms. The Morgan fingerprint density at radius 1 is 1.18 bits per heavy atom. The number of rotatable bonds is 10. The molecule has 0 radical (unpaired) electrons. The molecule has 9 nitrogen and oxygen atoms in total. The van der Waals surface area contributed by atoms with Crippen LogP contribution in [0.25, 0.3) is 22.2 Å². The Kier molecular flexibility index (Phi) is 8.47. The highest BCUT2D eigenvalue weighted by Crippen LogP contribution is 2.38. The average molecular weight is 550 g/mol. The molecule has 4 N–H and O–H groups in total. The molecule has 1 aromatic carbocycles. The zero-order valence-electron chi connectivity index (χ0n) is 22.4. The number of carbonyl (C=O) groups is 2. The van der Waals surface area contributed by atoms with Crippen LogP contribution in [0.4, 0.5) is 5.95 Å². The van der Waals surface area contributed by atoms with Crippen LogP contribution in [0.3, 0.4) is 0 Å². The summed E-state index contributed by atoms with van der Waals surface area (Å²) in [4.78, 5) is 39.3. The Morgan fingerprint density at radius 2 is 2.00 bits per heavy atom. The minimum absolute atomic E-state index is 0.0253. The van der Waals surface area contributed by atoms with Gasteiger partial charge in [0.15, 0.2) is 0 Å². The van der Waals surface area contributed by atoms with Crippen molar-refractivity contribution < 1.29 is 9.59 Å². The molecule has 0 aliphatic heterocycles. The van der Waals surface area contributed by atoms with E-state index in [1.165, 1.54) is 0 Å². The molecule has 3 aromatic rings. The number of fused-ring (bicyclic) bond motifs is 1. The van der Waals surface area contributed by atoms with Gasteiger partial charge in [0.25, 0.3) is 0 Å². The molecule has 2 saturated carbocycles. The third kappa shape index (κ3) is 6.96. The van der Waals surface area contributed by atoms with E-state index in [4.69, 9.17) is 16.6 Å². The summed E-state index contributed by atoms with van der Waals surface area (Å²) in [5.74, 6) is 0.699. The fourth-order valence-electron chi connectivity index (χ4n) is 5.29. The number of nitrogens with zero attached hydrogens (tertiary/aromatic N) is 3. The number of aromatic nitrogens is 3. The Labute approximate surface area is 233 Å². The van der Waals surface area contributed by atoms with Gasteiger partial charge in [0.1, 0.15) is 0 Å². The lowest BCUT2D eigenvalue weighted by Crippen LogP contribution is -2.43. The van der Waals surface area contributed by atoms with Crippen LogP contribution in [0.1, 0.15) is 32.1 Å². The van der Waals surface area contributed by atoms with Gasteiger partial charge in [-0.2, -0.15) is 0 Å². The lowest BCUT2D eigenvalue weighted by Gasteiger charge is -2.30.